The van der Waals surface area contributed by atoms with Gasteiger partial charge in [0.05, 0.1) is 0 Å². The Kier molecular flexibility index (Phi) is 5.02. The predicted molar refractivity (Wildman–Crippen MR) is 72.4 cm³/mol. The van der Waals surface area contributed by atoms with Gasteiger partial charge < -0.3 is 0 Å². The monoisotopic (exact) mass is 232 g/mol. The quantitative estimate of drug-likeness (QED) is 0.605. The van der Waals surface area contributed by atoms with E-state index in [0.717, 1.165) is 12.3 Å². The van der Waals surface area contributed by atoms with Crippen LogP contribution in [0.3, 0.4) is 0 Å². The van der Waals surface area contributed by atoms with Crippen molar-refractivity contribution in [3.8, 4) is 0 Å². The molecule has 2 nitrogen and oxygen atoms in total. The van der Waals surface area contributed by atoms with E-state index in [4.69, 9.17) is 5.84 Å². The third-order valence-corrected chi connectivity index (χ3v) is 3.90. The average Bonchev–Trinajstić information content (AvgIpc) is 2.40. The molecule has 0 saturated heterocycles. The van der Waals surface area contributed by atoms with E-state index in [2.05, 4.69) is 35.8 Å². The van der Waals surface area contributed by atoms with Gasteiger partial charge in [-0.3, -0.25) is 11.3 Å². The summed E-state index contributed by atoms with van der Waals surface area (Å²) in [5, 5.41) is 0. The van der Waals surface area contributed by atoms with Gasteiger partial charge >= 0.3 is 0 Å². The predicted octanol–water partition coefficient (Wildman–Crippen LogP) is 3.03. The molecule has 1 aliphatic carbocycles. The lowest BCUT2D eigenvalue weighted by Gasteiger charge is -2.26. The Labute approximate surface area is 105 Å². The molecule has 0 spiro atoms. The molecule has 94 valence electrons. The first kappa shape index (κ1) is 12.6. The molecule has 1 saturated carbocycles. The van der Waals surface area contributed by atoms with Crippen molar-refractivity contribution in [3.05, 3.63) is 35.9 Å². The van der Waals surface area contributed by atoms with E-state index in [0.29, 0.717) is 6.04 Å². The second-order valence-corrected chi connectivity index (χ2v) is 5.29. The minimum atomic E-state index is 0.431. The molecule has 1 aromatic rings. The summed E-state index contributed by atoms with van der Waals surface area (Å²) in [6.45, 7) is 0. The fourth-order valence-electron chi connectivity index (χ4n) is 2.93. The number of hydrogen-bond acceptors (Lipinski definition) is 2. The van der Waals surface area contributed by atoms with Crippen LogP contribution in [0.5, 0.6) is 0 Å². The number of rotatable bonds is 5. The fourth-order valence-corrected chi connectivity index (χ4v) is 2.93. The summed E-state index contributed by atoms with van der Waals surface area (Å²) in [5.41, 5.74) is 4.38. The van der Waals surface area contributed by atoms with Gasteiger partial charge in [-0.05, 0) is 24.3 Å². The van der Waals surface area contributed by atoms with Crippen LogP contribution < -0.4 is 11.3 Å². The summed E-state index contributed by atoms with van der Waals surface area (Å²) in [7, 11) is 0. The number of nitrogens with two attached hydrogens (primary N) is 1. The van der Waals surface area contributed by atoms with Gasteiger partial charge in [0, 0.05) is 6.04 Å². The standard InChI is InChI=1S/C15H24N2/c16-17-15(11-13-7-3-1-4-8-13)12-14-9-5-2-6-10-14/h1,3-4,7-8,14-15,17H,2,5-6,9-12,16H2. The van der Waals surface area contributed by atoms with Crippen LogP contribution in [0, 0.1) is 5.92 Å². The molecule has 0 heterocycles. The van der Waals surface area contributed by atoms with E-state index in [1.54, 1.807) is 0 Å². The van der Waals surface area contributed by atoms with Crippen molar-refractivity contribution in [1.82, 2.24) is 5.43 Å². The van der Waals surface area contributed by atoms with E-state index in [1.165, 1.54) is 44.1 Å². The van der Waals surface area contributed by atoms with E-state index in [-0.39, 0.29) is 0 Å². The van der Waals surface area contributed by atoms with Gasteiger partial charge in [-0.25, -0.2) is 0 Å². The van der Waals surface area contributed by atoms with Crippen LogP contribution >= 0.6 is 0 Å². The molecule has 3 N–H and O–H groups in total. The Morgan fingerprint density at radius 2 is 1.82 bits per heavy atom. The molecule has 1 aliphatic rings. The molecule has 0 bridgehead atoms. The summed E-state index contributed by atoms with van der Waals surface area (Å²) < 4.78 is 0. The zero-order valence-electron chi connectivity index (χ0n) is 10.6. The Balaban J connectivity index is 1.83. The number of hydrogen-bond donors (Lipinski definition) is 2. The molecule has 1 atom stereocenters. The zero-order valence-corrected chi connectivity index (χ0v) is 10.6. The largest absolute Gasteiger partial charge is 0.271 e. The highest BCUT2D eigenvalue weighted by molar-refractivity contribution is 5.15. The second kappa shape index (κ2) is 6.77. The lowest BCUT2D eigenvalue weighted by atomic mass is 9.84. The summed E-state index contributed by atoms with van der Waals surface area (Å²) >= 11 is 0. The minimum Gasteiger partial charge on any atom is -0.271 e. The third kappa shape index (κ3) is 4.14. The zero-order chi connectivity index (χ0) is 11.9. The first-order valence-corrected chi connectivity index (χ1v) is 6.88. The van der Waals surface area contributed by atoms with Crippen LogP contribution in [-0.4, -0.2) is 6.04 Å². The smallest absolute Gasteiger partial charge is 0.0253 e. The van der Waals surface area contributed by atoms with E-state index >= 15 is 0 Å². The van der Waals surface area contributed by atoms with Crippen LogP contribution in [-0.2, 0) is 6.42 Å². The van der Waals surface area contributed by atoms with Crippen LogP contribution in [0.4, 0.5) is 0 Å². The van der Waals surface area contributed by atoms with Crippen molar-refractivity contribution < 1.29 is 0 Å². The van der Waals surface area contributed by atoms with Gasteiger partial charge in [-0.15, -0.1) is 0 Å². The van der Waals surface area contributed by atoms with Crippen LogP contribution in [0.1, 0.15) is 44.1 Å². The highest BCUT2D eigenvalue weighted by Crippen LogP contribution is 2.27. The highest BCUT2D eigenvalue weighted by atomic mass is 15.2. The van der Waals surface area contributed by atoms with Gasteiger partial charge in [0.15, 0.2) is 0 Å². The van der Waals surface area contributed by atoms with Gasteiger partial charge in [-0.2, -0.15) is 0 Å². The molecule has 0 amide bonds. The maximum atomic E-state index is 5.69. The van der Waals surface area contributed by atoms with Crippen LogP contribution in [0.25, 0.3) is 0 Å². The van der Waals surface area contributed by atoms with E-state index in [9.17, 15) is 0 Å². The highest BCUT2D eigenvalue weighted by Gasteiger charge is 2.18. The Morgan fingerprint density at radius 1 is 1.12 bits per heavy atom. The first-order valence-electron chi connectivity index (χ1n) is 6.88. The van der Waals surface area contributed by atoms with E-state index < -0.39 is 0 Å². The summed E-state index contributed by atoms with van der Waals surface area (Å²) in [4.78, 5) is 0. The summed E-state index contributed by atoms with van der Waals surface area (Å²) in [5.74, 6) is 6.57. The van der Waals surface area contributed by atoms with Crippen molar-refractivity contribution in [2.24, 2.45) is 11.8 Å². The number of benzene rings is 1. The van der Waals surface area contributed by atoms with Crippen molar-refractivity contribution >= 4 is 0 Å². The molecule has 1 unspecified atom stereocenters. The van der Waals surface area contributed by atoms with Crippen molar-refractivity contribution in [2.75, 3.05) is 0 Å². The van der Waals surface area contributed by atoms with Gasteiger partial charge in [0.1, 0.15) is 0 Å². The molecule has 0 aromatic heterocycles. The van der Waals surface area contributed by atoms with Crippen LogP contribution in [0.2, 0.25) is 0 Å². The lowest BCUT2D eigenvalue weighted by Crippen LogP contribution is -2.38. The van der Waals surface area contributed by atoms with E-state index in [1.807, 2.05) is 0 Å². The van der Waals surface area contributed by atoms with Gasteiger partial charge in [-0.1, -0.05) is 62.4 Å². The molecule has 0 radical (unpaired) electrons. The summed E-state index contributed by atoms with van der Waals surface area (Å²) in [6, 6.07) is 11.1. The molecule has 1 fully saturated rings. The van der Waals surface area contributed by atoms with Crippen molar-refractivity contribution in [2.45, 2.75) is 51.0 Å². The van der Waals surface area contributed by atoms with Gasteiger partial charge in [0.25, 0.3) is 0 Å². The number of nitrogens with one attached hydrogen (secondary N) is 1. The fraction of sp³-hybridized carbons (Fsp3) is 0.600. The molecule has 1 aromatic carbocycles. The first-order chi connectivity index (χ1) is 8.38. The average molecular weight is 232 g/mol. The lowest BCUT2D eigenvalue weighted by molar-refractivity contribution is 0.298. The minimum absolute atomic E-state index is 0.431. The topological polar surface area (TPSA) is 38.0 Å². The molecule has 2 heteroatoms. The Morgan fingerprint density at radius 3 is 2.47 bits per heavy atom. The maximum absolute atomic E-state index is 5.69. The number of hydrazine groups is 1. The molecular formula is C15H24N2. The van der Waals surface area contributed by atoms with Crippen molar-refractivity contribution in [1.29, 1.82) is 0 Å². The third-order valence-electron chi connectivity index (χ3n) is 3.90. The Hall–Kier alpha value is -0.860. The molecule has 0 aliphatic heterocycles. The normalized spacial score (nSPS) is 19.1. The van der Waals surface area contributed by atoms with Gasteiger partial charge in [0.2, 0.25) is 0 Å². The summed E-state index contributed by atoms with van der Waals surface area (Å²) in [6.07, 6.45) is 9.32. The molecular weight excluding hydrogens is 208 g/mol. The Bertz CT molecular complexity index is 304. The van der Waals surface area contributed by atoms with Crippen molar-refractivity contribution in [3.63, 3.8) is 0 Å². The maximum Gasteiger partial charge on any atom is 0.0253 e. The van der Waals surface area contributed by atoms with Crippen LogP contribution in [0.15, 0.2) is 30.3 Å². The molecule has 17 heavy (non-hydrogen) atoms. The second-order valence-electron chi connectivity index (χ2n) is 5.29. The SMILES string of the molecule is NNC(Cc1ccccc1)CC1CCCCC1. The molecule has 2 rings (SSSR count).